The maximum Gasteiger partial charge on any atom is 0.220 e. The number of rotatable bonds is 8. The summed E-state index contributed by atoms with van der Waals surface area (Å²) in [5, 5.41) is 5.09. The fraction of sp³-hybridized carbons (Fsp3) is 0.471. The van der Waals surface area contributed by atoms with Crippen molar-refractivity contribution in [2.75, 3.05) is 6.54 Å². The Kier molecular flexibility index (Phi) is 7.48. The van der Waals surface area contributed by atoms with E-state index in [1.165, 1.54) is 0 Å². The smallest absolute Gasteiger partial charge is 0.220 e. The molecule has 0 aromatic heterocycles. The monoisotopic (exact) mass is 340 g/mol. The number of hydrogen-bond donors (Lipinski definition) is 2. The molecule has 1 atom stereocenters. The second kappa shape index (κ2) is 9.10. The van der Waals surface area contributed by atoms with Crippen molar-refractivity contribution < 1.29 is 23.2 Å². The number of halogens is 2. The summed E-state index contributed by atoms with van der Waals surface area (Å²) < 4.78 is 26.2. The van der Waals surface area contributed by atoms with Gasteiger partial charge in [0.25, 0.3) is 0 Å². The number of carbonyl (C=O) groups is 3. The minimum absolute atomic E-state index is 0.00198. The number of Topliss-reactive ketones (excluding diaryl/α,β-unsaturated/α-hetero) is 1. The molecule has 0 aliphatic rings. The first kappa shape index (κ1) is 19.7. The van der Waals surface area contributed by atoms with Gasteiger partial charge in [-0.2, -0.15) is 0 Å². The zero-order valence-corrected chi connectivity index (χ0v) is 14.0. The van der Waals surface area contributed by atoms with Crippen LogP contribution in [0.4, 0.5) is 8.78 Å². The Bertz CT molecular complexity index is 618. The summed E-state index contributed by atoms with van der Waals surface area (Å²) in [5.41, 5.74) is -0.291. The van der Waals surface area contributed by atoms with Crippen molar-refractivity contribution in [3.63, 3.8) is 0 Å². The molecule has 0 radical (unpaired) electrons. The molecule has 1 unspecified atom stereocenters. The van der Waals surface area contributed by atoms with Gasteiger partial charge < -0.3 is 10.6 Å². The van der Waals surface area contributed by atoms with Gasteiger partial charge >= 0.3 is 0 Å². The summed E-state index contributed by atoms with van der Waals surface area (Å²) in [6.45, 7) is 5.40. The van der Waals surface area contributed by atoms with Crippen LogP contribution in [0, 0.1) is 17.6 Å². The number of benzene rings is 1. The quantitative estimate of drug-likeness (QED) is 0.713. The summed E-state index contributed by atoms with van der Waals surface area (Å²) in [5.74, 6) is -2.88. The van der Waals surface area contributed by atoms with Gasteiger partial charge in [-0.3, -0.25) is 14.4 Å². The minimum atomic E-state index is -0.976. The van der Waals surface area contributed by atoms with E-state index in [2.05, 4.69) is 10.6 Å². The maximum atomic E-state index is 13.4. The van der Waals surface area contributed by atoms with E-state index in [1.54, 1.807) is 0 Å². The second-order valence-corrected chi connectivity index (χ2v) is 5.92. The van der Waals surface area contributed by atoms with Crippen LogP contribution in [0.3, 0.4) is 0 Å². The summed E-state index contributed by atoms with van der Waals surface area (Å²) >= 11 is 0. The second-order valence-electron chi connectivity index (χ2n) is 5.92. The number of hydrogen-bond acceptors (Lipinski definition) is 3. The lowest BCUT2D eigenvalue weighted by Gasteiger charge is -2.17. The lowest BCUT2D eigenvalue weighted by Crippen LogP contribution is -2.37. The number of amides is 2. The molecule has 0 bridgehead atoms. The number of nitrogens with one attached hydrogen (secondary N) is 2. The van der Waals surface area contributed by atoms with E-state index in [9.17, 15) is 23.2 Å². The van der Waals surface area contributed by atoms with Crippen molar-refractivity contribution in [3.05, 3.63) is 35.4 Å². The molecule has 1 aromatic rings. The summed E-state index contributed by atoms with van der Waals surface area (Å²) in [4.78, 5) is 35.1. The van der Waals surface area contributed by atoms with E-state index in [4.69, 9.17) is 0 Å². The van der Waals surface area contributed by atoms with Gasteiger partial charge in [-0.15, -0.1) is 0 Å². The average Bonchev–Trinajstić information content (AvgIpc) is 2.50. The van der Waals surface area contributed by atoms with Gasteiger partial charge in [0.15, 0.2) is 5.78 Å². The normalized spacial score (nSPS) is 11.9. The van der Waals surface area contributed by atoms with Crippen molar-refractivity contribution in [1.29, 1.82) is 0 Å². The molecule has 1 aromatic carbocycles. The van der Waals surface area contributed by atoms with Crippen molar-refractivity contribution in [1.82, 2.24) is 10.6 Å². The first-order valence-electron chi connectivity index (χ1n) is 7.75. The molecule has 0 aliphatic carbocycles. The fourth-order valence-corrected chi connectivity index (χ4v) is 1.80. The van der Waals surface area contributed by atoms with E-state index in [0.29, 0.717) is 6.07 Å². The average molecular weight is 340 g/mol. The van der Waals surface area contributed by atoms with Gasteiger partial charge in [-0.25, -0.2) is 8.78 Å². The molecular weight excluding hydrogens is 318 g/mol. The van der Waals surface area contributed by atoms with Crippen molar-refractivity contribution >= 4 is 17.6 Å². The van der Waals surface area contributed by atoms with Crippen LogP contribution in [-0.2, 0) is 9.59 Å². The Morgan fingerprint density at radius 2 is 1.67 bits per heavy atom. The summed E-state index contributed by atoms with van der Waals surface area (Å²) in [6.07, 6.45) is -0.0716. The molecule has 0 heterocycles. The molecule has 24 heavy (non-hydrogen) atoms. The van der Waals surface area contributed by atoms with E-state index in [0.717, 1.165) is 12.1 Å². The zero-order chi connectivity index (χ0) is 18.3. The molecule has 0 saturated heterocycles. The molecule has 2 N–H and O–H groups in total. The van der Waals surface area contributed by atoms with Gasteiger partial charge in [0.2, 0.25) is 11.8 Å². The van der Waals surface area contributed by atoms with Crippen molar-refractivity contribution in [2.24, 2.45) is 5.92 Å². The maximum absolute atomic E-state index is 13.4. The molecule has 2 amide bonds. The van der Waals surface area contributed by atoms with Crippen LogP contribution in [0.25, 0.3) is 0 Å². The highest BCUT2D eigenvalue weighted by Gasteiger charge is 2.15. The molecule has 0 spiro atoms. The predicted octanol–water partition coefficient (Wildman–Crippen LogP) is 2.20. The van der Waals surface area contributed by atoms with Crippen LogP contribution in [0.2, 0.25) is 0 Å². The van der Waals surface area contributed by atoms with E-state index < -0.39 is 29.9 Å². The largest absolute Gasteiger partial charge is 0.353 e. The van der Waals surface area contributed by atoms with Crippen molar-refractivity contribution in [2.45, 2.75) is 39.7 Å². The lowest BCUT2D eigenvalue weighted by atomic mass is 10.1. The fourth-order valence-electron chi connectivity index (χ4n) is 1.80. The highest BCUT2D eigenvalue weighted by Crippen LogP contribution is 2.10. The van der Waals surface area contributed by atoms with Gasteiger partial charge in [-0.1, -0.05) is 13.8 Å². The molecule has 0 saturated carbocycles. The summed E-state index contributed by atoms with van der Waals surface area (Å²) in [7, 11) is 0. The summed E-state index contributed by atoms with van der Waals surface area (Å²) in [6, 6.07) is 2.61. The van der Waals surface area contributed by atoms with Gasteiger partial charge in [-0.05, 0) is 25.0 Å². The highest BCUT2D eigenvalue weighted by molar-refractivity contribution is 5.99. The van der Waals surface area contributed by atoms with Crippen LogP contribution >= 0.6 is 0 Å². The molecule has 7 heteroatoms. The van der Waals surface area contributed by atoms with Crippen LogP contribution in [0.1, 0.15) is 44.0 Å². The van der Waals surface area contributed by atoms with E-state index in [-0.39, 0.29) is 36.3 Å². The Hall–Kier alpha value is -2.31. The van der Waals surface area contributed by atoms with Crippen LogP contribution in [-0.4, -0.2) is 30.2 Å². The molecule has 132 valence electrons. The first-order chi connectivity index (χ1) is 11.2. The predicted molar refractivity (Wildman–Crippen MR) is 85.4 cm³/mol. The van der Waals surface area contributed by atoms with Crippen LogP contribution in [0.5, 0.6) is 0 Å². The SMILES string of the molecule is CC(C)C(C)NC(=O)CCC(=O)NCC(=O)c1ccc(F)cc1F. The Labute approximate surface area is 139 Å². The van der Waals surface area contributed by atoms with Gasteiger partial charge in [0, 0.05) is 24.9 Å². The molecule has 0 fully saturated rings. The molecule has 1 rings (SSSR count). The Morgan fingerprint density at radius 1 is 1.04 bits per heavy atom. The Morgan fingerprint density at radius 3 is 2.25 bits per heavy atom. The van der Waals surface area contributed by atoms with Gasteiger partial charge in [0.1, 0.15) is 11.6 Å². The van der Waals surface area contributed by atoms with E-state index in [1.807, 2.05) is 20.8 Å². The van der Waals surface area contributed by atoms with Crippen LogP contribution < -0.4 is 10.6 Å². The third kappa shape index (κ3) is 6.44. The minimum Gasteiger partial charge on any atom is -0.353 e. The van der Waals surface area contributed by atoms with Crippen LogP contribution in [0.15, 0.2) is 18.2 Å². The van der Waals surface area contributed by atoms with E-state index >= 15 is 0 Å². The third-order valence-electron chi connectivity index (χ3n) is 3.65. The Balaban J connectivity index is 2.38. The number of carbonyl (C=O) groups excluding carboxylic acids is 3. The standard InChI is InChI=1S/C17H22F2N2O3/c1-10(2)11(3)21-17(24)7-6-16(23)20-9-15(22)13-5-4-12(18)8-14(13)19/h4-5,8,10-11H,6-7,9H2,1-3H3,(H,20,23)(H,21,24). The van der Waals surface area contributed by atoms with Gasteiger partial charge in [0.05, 0.1) is 12.1 Å². The molecule has 0 aliphatic heterocycles. The molecular formula is C17H22F2N2O3. The zero-order valence-electron chi connectivity index (χ0n) is 14.0. The molecule has 5 nitrogen and oxygen atoms in total. The third-order valence-corrected chi connectivity index (χ3v) is 3.65. The number of ketones is 1. The first-order valence-corrected chi connectivity index (χ1v) is 7.75. The lowest BCUT2D eigenvalue weighted by molar-refractivity contribution is -0.126. The van der Waals surface area contributed by atoms with Crippen molar-refractivity contribution in [3.8, 4) is 0 Å². The highest BCUT2D eigenvalue weighted by atomic mass is 19.1. The topological polar surface area (TPSA) is 75.3 Å².